The molecule has 2 aromatic carbocycles. The minimum Gasteiger partial charge on any atom is -0.495 e. The molecule has 0 aliphatic rings. The van der Waals surface area contributed by atoms with Crippen molar-refractivity contribution < 1.29 is 9.53 Å². The molecule has 24 heavy (non-hydrogen) atoms. The van der Waals surface area contributed by atoms with Gasteiger partial charge < -0.3 is 10.1 Å². The Morgan fingerprint density at radius 2 is 1.88 bits per heavy atom. The first kappa shape index (κ1) is 18.1. The number of amides is 1. The van der Waals surface area contributed by atoms with E-state index in [2.05, 4.69) is 31.3 Å². The van der Waals surface area contributed by atoms with Crippen molar-refractivity contribution in [2.45, 2.75) is 26.7 Å². The summed E-state index contributed by atoms with van der Waals surface area (Å²) in [5.41, 5.74) is 3.73. The van der Waals surface area contributed by atoms with Crippen LogP contribution in [-0.2, 0) is 4.79 Å². The Morgan fingerprint density at radius 1 is 1.21 bits per heavy atom. The van der Waals surface area contributed by atoms with E-state index in [9.17, 15) is 4.79 Å². The molecule has 0 spiro atoms. The molecule has 2 aromatic rings. The van der Waals surface area contributed by atoms with E-state index in [1.807, 2.05) is 19.1 Å². The third kappa shape index (κ3) is 4.62. The molecule has 0 radical (unpaired) electrons. The van der Waals surface area contributed by atoms with Crippen LogP contribution in [0.15, 0.2) is 42.5 Å². The quantitative estimate of drug-likeness (QED) is 0.735. The number of carbonyl (C=O) groups is 1. The summed E-state index contributed by atoms with van der Waals surface area (Å²) < 4.78 is 5.26. The fraction of sp³-hybridized carbons (Fsp3) is 0.250. The number of hydrogen-bond acceptors (Lipinski definition) is 2. The molecule has 0 aliphatic heterocycles. The number of hydrogen-bond donors (Lipinski definition) is 1. The van der Waals surface area contributed by atoms with Crippen LogP contribution in [0.4, 0.5) is 5.69 Å². The Bertz CT molecular complexity index is 749. The number of halogens is 1. The molecule has 3 nitrogen and oxygen atoms in total. The topological polar surface area (TPSA) is 38.3 Å². The summed E-state index contributed by atoms with van der Waals surface area (Å²) in [6.45, 7) is 6.18. The summed E-state index contributed by atoms with van der Waals surface area (Å²) in [6, 6.07) is 11.7. The lowest BCUT2D eigenvalue weighted by molar-refractivity contribution is -0.111. The first-order chi connectivity index (χ1) is 11.4. The van der Waals surface area contributed by atoms with Gasteiger partial charge in [0.15, 0.2) is 0 Å². The first-order valence-corrected chi connectivity index (χ1v) is 8.21. The van der Waals surface area contributed by atoms with Gasteiger partial charge in [-0.1, -0.05) is 49.7 Å². The standard InChI is InChI=1S/C20H22ClNO2/c1-13(2)16-8-5-15(6-9-16)7-10-20(23)22-18-11-14(3)17(21)12-19(18)24-4/h5-13H,1-4H3,(H,22,23)/b10-7+. The zero-order valence-corrected chi connectivity index (χ0v) is 15.1. The molecule has 126 valence electrons. The highest BCUT2D eigenvalue weighted by atomic mass is 35.5. The van der Waals surface area contributed by atoms with Gasteiger partial charge >= 0.3 is 0 Å². The summed E-state index contributed by atoms with van der Waals surface area (Å²) in [4.78, 5) is 12.1. The minimum atomic E-state index is -0.219. The number of aryl methyl sites for hydroxylation is 1. The van der Waals surface area contributed by atoms with Gasteiger partial charge in [-0.3, -0.25) is 4.79 Å². The Labute approximate surface area is 148 Å². The predicted molar refractivity (Wildman–Crippen MR) is 101 cm³/mol. The SMILES string of the molecule is COc1cc(Cl)c(C)cc1NC(=O)/C=C/c1ccc(C(C)C)cc1. The van der Waals surface area contributed by atoms with E-state index in [-0.39, 0.29) is 5.91 Å². The molecule has 1 N–H and O–H groups in total. The molecule has 0 unspecified atom stereocenters. The third-order valence-corrected chi connectivity index (χ3v) is 4.18. The van der Waals surface area contributed by atoms with E-state index in [0.29, 0.717) is 22.4 Å². The molecule has 0 saturated carbocycles. The molecule has 0 heterocycles. The summed E-state index contributed by atoms with van der Waals surface area (Å²) in [6.07, 6.45) is 3.29. The second kappa shape index (κ2) is 8.02. The molecular formula is C20H22ClNO2. The minimum absolute atomic E-state index is 0.219. The van der Waals surface area contributed by atoms with E-state index in [1.54, 1.807) is 25.3 Å². The maximum atomic E-state index is 12.1. The van der Waals surface area contributed by atoms with E-state index in [4.69, 9.17) is 16.3 Å². The van der Waals surface area contributed by atoms with Crippen molar-refractivity contribution in [1.29, 1.82) is 0 Å². The van der Waals surface area contributed by atoms with Crippen LogP contribution in [0.25, 0.3) is 6.08 Å². The highest BCUT2D eigenvalue weighted by Gasteiger charge is 2.08. The number of anilines is 1. The van der Waals surface area contributed by atoms with Crippen LogP contribution >= 0.6 is 11.6 Å². The summed E-state index contributed by atoms with van der Waals surface area (Å²) in [5.74, 6) is 0.809. The Hall–Kier alpha value is -2.26. The molecule has 0 atom stereocenters. The lowest BCUT2D eigenvalue weighted by Gasteiger charge is -2.11. The molecule has 4 heteroatoms. The van der Waals surface area contributed by atoms with E-state index >= 15 is 0 Å². The second-order valence-electron chi connectivity index (χ2n) is 5.95. The van der Waals surface area contributed by atoms with Gasteiger partial charge in [0.2, 0.25) is 5.91 Å². The Kier molecular flexibility index (Phi) is 6.04. The molecule has 0 aromatic heterocycles. The molecule has 1 amide bonds. The lowest BCUT2D eigenvalue weighted by Crippen LogP contribution is -2.09. The van der Waals surface area contributed by atoms with Gasteiger partial charge in [0.1, 0.15) is 5.75 Å². The average molecular weight is 344 g/mol. The van der Waals surface area contributed by atoms with Gasteiger partial charge in [-0.05, 0) is 41.7 Å². The number of benzene rings is 2. The maximum absolute atomic E-state index is 12.1. The number of carbonyl (C=O) groups excluding carboxylic acids is 1. The maximum Gasteiger partial charge on any atom is 0.248 e. The predicted octanol–water partition coefficient (Wildman–Crippen LogP) is 5.43. The molecular weight excluding hydrogens is 322 g/mol. The van der Waals surface area contributed by atoms with Crippen molar-refractivity contribution in [3.8, 4) is 5.75 Å². The van der Waals surface area contributed by atoms with Crippen LogP contribution in [0.3, 0.4) is 0 Å². The van der Waals surface area contributed by atoms with Crippen molar-refractivity contribution in [2.75, 3.05) is 12.4 Å². The Balaban J connectivity index is 2.09. The Morgan fingerprint density at radius 3 is 2.46 bits per heavy atom. The largest absolute Gasteiger partial charge is 0.495 e. The zero-order valence-electron chi connectivity index (χ0n) is 14.4. The van der Waals surface area contributed by atoms with Crippen molar-refractivity contribution in [3.63, 3.8) is 0 Å². The molecule has 0 fully saturated rings. The number of nitrogens with one attached hydrogen (secondary N) is 1. The highest BCUT2D eigenvalue weighted by molar-refractivity contribution is 6.31. The molecule has 0 bridgehead atoms. The van der Waals surface area contributed by atoms with Crippen molar-refractivity contribution in [2.24, 2.45) is 0 Å². The number of ether oxygens (including phenoxy) is 1. The van der Waals surface area contributed by atoms with Crippen LogP contribution in [0.2, 0.25) is 5.02 Å². The van der Waals surface area contributed by atoms with Gasteiger partial charge in [0.25, 0.3) is 0 Å². The fourth-order valence-corrected chi connectivity index (χ4v) is 2.42. The summed E-state index contributed by atoms with van der Waals surface area (Å²) in [7, 11) is 1.54. The van der Waals surface area contributed by atoms with E-state index in [0.717, 1.165) is 11.1 Å². The third-order valence-electron chi connectivity index (χ3n) is 3.77. The van der Waals surface area contributed by atoms with Gasteiger partial charge in [-0.25, -0.2) is 0 Å². The summed E-state index contributed by atoms with van der Waals surface area (Å²) in [5, 5.41) is 3.42. The van der Waals surface area contributed by atoms with Crippen LogP contribution in [-0.4, -0.2) is 13.0 Å². The smallest absolute Gasteiger partial charge is 0.248 e. The van der Waals surface area contributed by atoms with Crippen molar-refractivity contribution in [1.82, 2.24) is 0 Å². The van der Waals surface area contributed by atoms with Crippen molar-refractivity contribution >= 4 is 29.3 Å². The first-order valence-electron chi connectivity index (χ1n) is 7.84. The number of methoxy groups -OCH3 is 1. The van der Waals surface area contributed by atoms with Crippen LogP contribution < -0.4 is 10.1 Å². The van der Waals surface area contributed by atoms with Gasteiger partial charge in [-0.2, -0.15) is 0 Å². The van der Waals surface area contributed by atoms with Crippen LogP contribution in [0.1, 0.15) is 36.5 Å². The summed E-state index contributed by atoms with van der Waals surface area (Å²) >= 11 is 6.07. The molecule has 2 rings (SSSR count). The highest BCUT2D eigenvalue weighted by Crippen LogP contribution is 2.30. The van der Waals surface area contributed by atoms with Gasteiger partial charge in [0.05, 0.1) is 12.8 Å². The molecule has 0 aliphatic carbocycles. The second-order valence-corrected chi connectivity index (χ2v) is 6.35. The lowest BCUT2D eigenvalue weighted by atomic mass is 10.0. The van der Waals surface area contributed by atoms with Gasteiger partial charge in [-0.15, -0.1) is 0 Å². The van der Waals surface area contributed by atoms with Gasteiger partial charge in [0, 0.05) is 17.2 Å². The van der Waals surface area contributed by atoms with E-state index in [1.165, 1.54) is 11.6 Å². The normalized spacial score (nSPS) is 11.1. The fourth-order valence-electron chi connectivity index (χ4n) is 2.27. The monoisotopic (exact) mass is 343 g/mol. The van der Waals surface area contributed by atoms with E-state index < -0.39 is 0 Å². The van der Waals surface area contributed by atoms with Crippen LogP contribution in [0, 0.1) is 6.92 Å². The van der Waals surface area contributed by atoms with Crippen LogP contribution in [0.5, 0.6) is 5.75 Å². The van der Waals surface area contributed by atoms with Crippen molar-refractivity contribution in [3.05, 3.63) is 64.2 Å². The number of rotatable bonds is 5. The zero-order chi connectivity index (χ0) is 17.7. The average Bonchev–Trinajstić information content (AvgIpc) is 2.56. The molecule has 0 saturated heterocycles.